The number of esters is 4. The number of rotatable bonds is 26. The van der Waals surface area contributed by atoms with Crippen molar-refractivity contribution >= 4 is 41.3 Å². The van der Waals surface area contributed by atoms with Crippen molar-refractivity contribution in [3.63, 3.8) is 0 Å². The largest absolute Gasteiger partial charge is 0.494 e. The van der Waals surface area contributed by atoms with Crippen LogP contribution in [0.25, 0.3) is 0 Å². The summed E-state index contributed by atoms with van der Waals surface area (Å²) in [6, 6.07) is 14.0. The number of amides is 1. The van der Waals surface area contributed by atoms with E-state index in [4.69, 9.17) is 28.4 Å². The Morgan fingerprint density at radius 1 is 0.520 bits per heavy atom. The molecule has 0 fully saturated rings. The third-order valence-electron chi connectivity index (χ3n) is 7.00. The molecule has 13 nitrogen and oxygen atoms in total. The van der Waals surface area contributed by atoms with E-state index in [-0.39, 0.29) is 76.3 Å². The summed E-state index contributed by atoms with van der Waals surface area (Å²) in [6.07, 6.45) is 5.51. The summed E-state index contributed by atoms with van der Waals surface area (Å²) in [5.74, 6) is -0.793. The number of benzene rings is 2. The highest BCUT2D eigenvalue weighted by atomic mass is 16.6. The first-order valence-corrected chi connectivity index (χ1v) is 17.1. The van der Waals surface area contributed by atoms with Crippen LogP contribution < -0.4 is 14.8 Å². The zero-order valence-corrected chi connectivity index (χ0v) is 29.0. The lowest BCUT2D eigenvalue weighted by Crippen LogP contribution is -2.20. The molecule has 274 valence electrons. The monoisotopic (exact) mass is 699 g/mol. The maximum atomic E-state index is 11.9. The fourth-order valence-electron chi connectivity index (χ4n) is 4.26. The quantitative estimate of drug-likeness (QED) is 0.0764. The van der Waals surface area contributed by atoms with E-state index in [1.807, 2.05) is 0 Å². The van der Waals surface area contributed by atoms with E-state index < -0.39 is 17.8 Å². The number of hydrogen-bond donors (Lipinski definition) is 1. The Morgan fingerprint density at radius 2 is 1.00 bits per heavy atom. The normalized spacial score (nSPS) is 10.4. The highest BCUT2D eigenvalue weighted by Crippen LogP contribution is 2.17. The van der Waals surface area contributed by atoms with E-state index >= 15 is 0 Å². The Kier molecular flexibility index (Phi) is 20.7. The molecule has 2 rings (SSSR count). The van der Waals surface area contributed by atoms with Gasteiger partial charge in [0.25, 0.3) is 5.91 Å². The summed E-state index contributed by atoms with van der Waals surface area (Å²) in [7, 11) is 0. The summed E-state index contributed by atoms with van der Waals surface area (Å²) in [5, 5.41) is 2.64. The van der Waals surface area contributed by atoms with E-state index in [9.17, 15) is 28.8 Å². The smallest absolute Gasteiger partial charge is 0.306 e. The zero-order valence-electron chi connectivity index (χ0n) is 29.0. The van der Waals surface area contributed by atoms with Gasteiger partial charge in [-0.2, -0.15) is 0 Å². The van der Waals surface area contributed by atoms with Crippen LogP contribution in [0, 0.1) is 0 Å². The van der Waals surface area contributed by atoms with Gasteiger partial charge in [-0.3, -0.25) is 28.8 Å². The van der Waals surface area contributed by atoms with Crippen molar-refractivity contribution in [3.05, 3.63) is 54.1 Å². The van der Waals surface area contributed by atoms with Crippen molar-refractivity contribution in [1.82, 2.24) is 0 Å². The van der Waals surface area contributed by atoms with E-state index in [1.54, 1.807) is 62.4 Å². The van der Waals surface area contributed by atoms with Crippen LogP contribution in [0.15, 0.2) is 48.5 Å². The first-order valence-electron chi connectivity index (χ1n) is 17.1. The summed E-state index contributed by atoms with van der Waals surface area (Å²) in [6.45, 7) is 3.76. The molecule has 0 bridgehead atoms. The lowest BCUT2D eigenvalue weighted by Gasteiger charge is -2.09. The molecule has 0 heterocycles. The van der Waals surface area contributed by atoms with Crippen LogP contribution in [0.2, 0.25) is 0 Å². The molecular formula is C37H49NO12. The lowest BCUT2D eigenvalue weighted by molar-refractivity contribution is -0.152. The molecule has 2 aromatic carbocycles. The molecule has 50 heavy (non-hydrogen) atoms. The second kappa shape index (κ2) is 25.1. The number of Topliss-reactive ketones (excluding diaryl/α,β-unsaturated/α-hetero) is 1. The number of ether oxygens (including phenoxy) is 6. The van der Waals surface area contributed by atoms with Crippen molar-refractivity contribution in [1.29, 1.82) is 0 Å². The molecule has 13 heteroatoms. The summed E-state index contributed by atoms with van der Waals surface area (Å²) >= 11 is 0. The van der Waals surface area contributed by atoms with Crippen LogP contribution in [0.5, 0.6) is 11.5 Å². The minimum atomic E-state index is -0.438. The molecule has 0 aromatic heterocycles. The van der Waals surface area contributed by atoms with Gasteiger partial charge in [-0.25, -0.2) is 0 Å². The van der Waals surface area contributed by atoms with E-state index in [2.05, 4.69) is 5.32 Å². The highest BCUT2D eigenvalue weighted by molar-refractivity contribution is 5.92. The van der Waals surface area contributed by atoms with Gasteiger partial charge in [-0.15, -0.1) is 0 Å². The molecule has 0 unspecified atom stereocenters. The Balaban J connectivity index is 1.41. The van der Waals surface area contributed by atoms with Crippen LogP contribution >= 0.6 is 0 Å². The SMILES string of the molecule is CCC(=O)OCC(=O)Cc1ccc(OCCCCCC(=O)OCCOC(=O)CCCCCOc2ccc(NC(=O)COC(=O)CC)cc2)cc1. The zero-order chi connectivity index (χ0) is 36.4. The third kappa shape index (κ3) is 19.8. The first-order chi connectivity index (χ1) is 24.2. The minimum absolute atomic E-state index is 0.0150. The molecule has 1 N–H and O–H groups in total. The van der Waals surface area contributed by atoms with Crippen LogP contribution in [0.1, 0.15) is 83.6 Å². The van der Waals surface area contributed by atoms with Gasteiger partial charge in [-0.05, 0) is 80.5 Å². The van der Waals surface area contributed by atoms with Gasteiger partial charge in [-0.1, -0.05) is 26.0 Å². The van der Waals surface area contributed by atoms with Gasteiger partial charge in [0.2, 0.25) is 0 Å². The Bertz CT molecular complexity index is 1240. The number of carbonyl (C=O) groups is 6. The molecule has 0 saturated heterocycles. The number of carbonyl (C=O) groups excluding carboxylic acids is 6. The first kappa shape index (κ1) is 41.2. The van der Waals surface area contributed by atoms with Gasteiger partial charge in [0.1, 0.15) is 31.3 Å². The Morgan fingerprint density at radius 3 is 1.50 bits per heavy atom. The maximum absolute atomic E-state index is 11.9. The fraction of sp³-hybridized carbons (Fsp3) is 0.514. The van der Waals surface area contributed by atoms with Crippen LogP contribution in [-0.2, 0) is 54.1 Å². The Labute approximate surface area is 293 Å². The van der Waals surface area contributed by atoms with E-state index in [1.165, 1.54) is 0 Å². The third-order valence-corrected chi connectivity index (χ3v) is 7.00. The summed E-state index contributed by atoms with van der Waals surface area (Å²) in [4.78, 5) is 69.9. The second-order valence-electron chi connectivity index (χ2n) is 11.2. The van der Waals surface area contributed by atoms with Gasteiger partial charge in [0.05, 0.1) is 13.2 Å². The molecule has 0 aliphatic carbocycles. The van der Waals surface area contributed by atoms with Crippen LogP contribution in [0.4, 0.5) is 5.69 Å². The predicted molar refractivity (Wildman–Crippen MR) is 183 cm³/mol. The molecule has 2 aromatic rings. The average molecular weight is 700 g/mol. The molecular weight excluding hydrogens is 650 g/mol. The number of anilines is 1. The van der Waals surface area contributed by atoms with Crippen molar-refractivity contribution in [2.24, 2.45) is 0 Å². The van der Waals surface area contributed by atoms with Gasteiger partial charge < -0.3 is 33.7 Å². The van der Waals surface area contributed by atoms with Crippen LogP contribution in [-0.4, -0.2) is 75.2 Å². The fourth-order valence-corrected chi connectivity index (χ4v) is 4.26. The van der Waals surface area contributed by atoms with Crippen LogP contribution in [0.3, 0.4) is 0 Å². The topological polar surface area (TPSA) is 170 Å². The lowest BCUT2D eigenvalue weighted by atomic mass is 10.1. The highest BCUT2D eigenvalue weighted by Gasteiger charge is 2.09. The average Bonchev–Trinajstić information content (AvgIpc) is 3.12. The molecule has 0 atom stereocenters. The molecule has 0 aliphatic rings. The maximum Gasteiger partial charge on any atom is 0.306 e. The number of unbranched alkanes of at least 4 members (excludes halogenated alkanes) is 4. The second-order valence-corrected chi connectivity index (χ2v) is 11.2. The molecule has 0 saturated carbocycles. The predicted octanol–water partition coefficient (Wildman–Crippen LogP) is 5.31. The number of hydrogen-bond acceptors (Lipinski definition) is 12. The van der Waals surface area contributed by atoms with Crippen molar-refractivity contribution in [2.45, 2.75) is 84.5 Å². The minimum Gasteiger partial charge on any atom is -0.494 e. The molecule has 0 spiro atoms. The van der Waals surface area contributed by atoms with Crippen molar-refractivity contribution in [3.8, 4) is 11.5 Å². The van der Waals surface area contributed by atoms with E-state index in [0.717, 1.165) is 31.2 Å². The van der Waals surface area contributed by atoms with Gasteiger partial charge >= 0.3 is 23.9 Å². The molecule has 0 aliphatic heterocycles. The standard InChI is InChI=1S/C37H49NO12/c1-3-34(41)49-26-30(39)25-28-13-17-31(18-14-28)45-21-9-5-7-11-36(43)47-23-24-48-37(44)12-8-6-10-22-46-32-19-15-29(16-20-32)38-33(40)27-50-35(42)4-2/h13-20H,3-12,21-27H2,1-2H3,(H,38,40). The van der Waals surface area contributed by atoms with Crippen molar-refractivity contribution in [2.75, 3.05) is 45.0 Å². The summed E-state index contributed by atoms with van der Waals surface area (Å²) in [5.41, 5.74) is 1.37. The van der Waals surface area contributed by atoms with Gasteiger partial charge in [0.15, 0.2) is 12.4 Å². The van der Waals surface area contributed by atoms with E-state index in [0.29, 0.717) is 43.2 Å². The number of nitrogens with one attached hydrogen (secondary N) is 1. The van der Waals surface area contributed by atoms with Gasteiger partial charge in [0, 0.05) is 37.8 Å². The van der Waals surface area contributed by atoms with Crippen molar-refractivity contribution < 1.29 is 57.2 Å². The molecule has 0 radical (unpaired) electrons. The molecule has 1 amide bonds. The Hall–Kier alpha value is -4.94. The summed E-state index contributed by atoms with van der Waals surface area (Å²) < 4.78 is 31.3. The number of ketones is 1.